The lowest BCUT2D eigenvalue weighted by atomic mass is 10.0. The molecule has 29 heavy (non-hydrogen) atoms. The van der Waals surface area contributed by atoms with E-state index in [-0.39, 0.29) is 11.9 Å². The minimum atomic E-state index is -4.39. The third-order valence-electron chi connectivity index (χ3n) is 5.53. The molecule has 1 aliphatic heterocycles. The van der Waals surface area contributed by atoms with Crippen molar-refractivity contribution in [1.82, 2.24) is 24.2 Å². The van der Waals surface area contributed by atoms with Crippen LogP contribution in [0, 0.1) is 13.8 Å². The molecule has 0 bridgehead atoms. The number of hydrogen-bond donors (Lipinski definition) is 0. The molecule has 9 heteroatoms. The number of carbonyl (C=O) groups excluding carboxylic acids is 1. The second-order valence-electron chi connectivity index (χ2n) is 7.55. The van der Waals surface area contributed by atoms with Crippen LogP contribution in [0.4, 0.5) is 13.2 Å². The van der Waals surface area contributed by atoms with Crippen LogP contribution in [-0.2, 0) is 13.2 Å². The summed E-state index contributed by atoms with van der Waals surface area (Å²) in [5.41, 5.74) is 1.71. The standard InChI is InChI=1S/C20H22F3N5O/c1-12-10-18(26(3)25-12)19(29)27-8-6-15(7-9-27)28-13(2)24-16-11-14(20(21,22)23)4-5-17(16)28/h4-5,10-11,15H,6-9H2,1-3H3. The van der Waals surface area contributed by atoms with Crippen LogP contribution in [0.3, 0.4) is 0 Å². The summed E-state index contributed by atoms with van der Waals surface area (Å²) in [6.45, 7) is 4.81. The molecule has 1 fully saturated rings. The fraction of sp³-hybridized carbons (Fsp3) is 0.450. The van der Waals surface area contributed by atoms with Gasteiger partial charge in [-0.15, -0.1) is 0 Å². The Morgan fingerprint density at radius 3 is 2.41 bits per heavy atom. The van der Waals surface area contributed by atoms with E-state index >= 15 is 0 Å². The Labute approximate surface area is 165 Å². The molecule has 0 saturated carbocycles. The molecule has 0 aliphatic carbocycles. The van der Waals surface area contributed by atoms with Crippen molar-refractivity contribution in [1.29, 1.82) is 0 Å². The van der Waals surface area contributed by atoms with Gasteiger partial charge in [0.2, 0.25) is 0 Å². The lowest BCUT2D eigenvalue weighted by molar-refractivity contribution is -0.137. The van der Waals surface area contributed by atoms with Gasteiger partial charge < -0.3 is 9.47 Å². The van der Waals surface area contributed by atoms with Crippen molar-refractivity contribution in [2.24, 2.45) is 7.05 Å². The second kappa shape index (κ2) is 6.89. The molecule has 154 valence electrons. The van der Waals surface area contributed by atoms with Crippen LogP contribution in [-0.4, -0.2) is 43.2 Å². The first kappa shape index (κ1) is 19.5. The first-order valence-electron chi connectivity index (χ1n) is 9.51. The number of halogens is 3. The van der Waals surface area contributed by atoms with E-state index in [0.717, 1.165) is 30.7 Å². The molecule has 1 aliphatic rings. The maximum Gasteiger partial charge on any atom is 0.416 e. The molecule has 4 rings (SSSR count). The van der Waals surface area contributed by atoms with E-state index in [2.05, 4.69) is 10.1 Å². The zero-order valence-corrected chi connectivity index (χ0v) is 16.5. The van der Waals surface area contributed by atoms with Crippen molar-refractivity contribution < 1.29 is 18.0 Å². The zero-order chi connectivity index (χ0) is 20.9. The molecule has 0 spiro atoms. The molecule has 3 heterocycles. The molecule has 1 amide bonds. The monoisotopic (exact) mass is 405 g/mol. The number of alkyl halides is 3. The van der Waals surface area contributed by atoms with Crippen molar-refractivity contribution in [3.8, 4) is 0 Å². The summed E-state index contributed by atoms with van der Waals surface area (Å²) in [5, 5.41) is 4.23. The Bertz CT molecular complexity index is 1070. The van der Waals surface area contributed by atoms with Gasteiger partial charge >= 0.3 is 6.18 Å². The van der Waals surface area contributed by atoms with Crippen molar-refractivity contribution >= 4 is 16.9 Å². The lowest BCUT2D eigenvalue weighted by Gasteiger charge is -2.33. The van der Waals surface area contributed by atoms with E-state index in [1.54, 1.807) is 17.8 Å². The van der Waals surface area contributed by atoms with E-state index < -0.39 is 11.7 Å². The minimum Gasteiger partial charge on any atom is -0.337 e. The van der Waals surface area contributed by atoms with Gasteiger partial charge in [0, 0.05) is 26.2 Å². The highest BCUT2D eigenvalue weighted by Gasteiger charge is 2.32. The summed E-state index contributed by atoms with van der Waals surface area (Å²) < 4.78 is 42.6. The highest BCUT2D eigenvalue weighted by Crippen LogP contribution is 2.34. The molecular weight excluding hydrogens is 383 g/mol. The van der Waals surface area contributed by atoms with Gasteiger partial charge in [0.25, 0.3) is 5.91 Å². The minimum absolute atomic E-state index is 0.0476. The third kappa shape index (κ3) is 3.49. The summed E-state index contributed by atoms with van der Waals surface area (Å²) in [4.78, 5) is 18.9. The smallest absolute Gasteiger partial charge is 0.337 e. The van der Waals surface area contributed by atoms with Gasteiger partial charge in [-0.1, -0.05) is 0 Å². The Hall–Kier alpha value is -2.84. The predicted octanol–water partition coefficient (Wildman–Crippen LogP) is 3.88. The summed E-state index contributed by atoms with van der Waals surface area (Å²) >= 11 is 0. The van der Waals surface area contributed by atoms with E-state index in [4.69, 9.17) is 0 Å². The Morgan fingerprint density at radius 1 is 1.14 bits per heavy atom. The van der Waals surface area contributed by atoms with Gasteiger partial charge in [-0.2, -0.15) is 18.3 Å². The van der Waals surface area contributed by atoms with Crippen molar-refractivity contribution in [2.75, 3.05) is 13.1 Å². The van der Waals surface area contributed by atoms with Crippen LogP contribution in [0.5, 0.6) is 0 Å². The van der Waals surface area contributed by atoms with Crippen molar-refractivity contribution in [3.05, 3.63) is 47.0 Å². The van der Waals surface area contributed by atoms with Crippen molar-refractivity contribution in [3.63, 3.8) is 0 Å². The third-order valence-corrected chi connectivity index (χ3v) is 5.53. The van der Waals surface area contributed by atoms with Crippen LogP contribution in [0.2, 0.25) is 0 Å². The van der Waals surface area contributed by atoms with Crippen LogP contribution in [0.25, 0.3) is 11.0 Å². The van der Waals surface area contributed by atoms with E-state index in [9.17, 15) is 18.0 Å². The highest BCUT2D eigenvalue weighted by molar-refractivity contribution is 5.92. The number of piperidine rings is 1. The normalized spacial score (nSPS) is 16.0. The number of rotatable bonds is 2. The first-order chi connectivity index (χ1) is 13.6. The number of carbonyl (C=O) groups is 1. The Morgan fingerprint density at radius 2 is 1.83 bits per heavy atom. The summed E-state index contributed by atoms with van der Waals surface area (Å²) in [6.07, 6.45) is -2.95. The number of nitrogens with zero attached hydrogens (tertiary/aromatic N) is 5. The number of aryl methyl sites for hydroxylation is 3. The van der Waals surface area contributed by atoms with Gasteiger partial charge in [0.15, 0.2) is 0 Å². The number of imidazole rings is 1. The van der Waals surface area contributed by atoms with Gasteiger partial charge in [-0.3, -0.25) is 9.48 Å². The van der Waals surface area contributed by atoms with Gasteiger partial charge in [-0.05, 0) is 51.0 Å². The summed E-state index contributed by atoms with van der Waals surface area (Å²) in [7, 11) is 1.75. The summed E-state index contributed by atoms with van der Waals surface area (Å²) in [6, 6.07) is 5.56. The molecular formula is C20H22F3N5O. The number of hydrogen-bond acceptors (Lipinski definition) is 3. The Kier molecular flexibility index (Phi) is 4.63. The summed E-state index contributed by atoms with van der Waals surface area (Å²) in [5.74, 6) is 0.639. The fourth-order valence-corrected chi connectivity index (χ4v) is 4.16. The van der Waals surface area contributed by atoms with Gasteiger partial charge in [0.05, 0.1) is 22.3 Å². The van der Waals surface area contributed by atoms with Crippen LogP contribution >= 0.6 is 0 Å². The predicted molar refractivity (Wildman–Crippen MR) is 102 cm³/mol. The average Bonchev–Trinajstić information content (AvgIpc) is 3.17. The van der Waals surface area contributed by atoms with Gasteiger partial charge in [-0.25, -0.2) is 4.98 Å². The van der Waals surface area contributed by atoms with Crippen molar-refractivity contribution in [2.45, 2.75) is 38.9 Å². The van der Waals surface area contributed by atoms with E-state index in [0.29, 0.717) is 35.6 Å². The second-order valence-corrected chi connectivity index (χ2v) is 7.55. The quantitative estimate of drug-likeness (QED) is 0.650. The zero-order valence-electron chi connectivity index (χ0n) is 16.5. The fourth-order valence-electron chi connectivity index (χ4n) is 4.16. The van der Waals surface area contributed by atoms with E-state index in [1.165, 1.54) is 6.07 Å². The van der Waals surface area contributed by atoms with Crippen LogP contribution < -0.4 is 0 Å². The molecule has 0 unspecified atom stereocenters. The maximum atomic E-state index is 13.0. The maximum absolute atomic E-state index is 13.0. The number of amides is 1. The number of likely N-dealkylation sites (tertiary alicyclic amines) is 1. The van der Waals surface area contributed by atoms with Crippen LogP contribution in [0.1, 0.15) is 46.5 Å². The molecule has 3 aromatic rings. The number of benzene rings is 1. The number of fused-ring (bicyclic) bond motifs is 1. The molecule has 2 aromatic heterocycles. The topological polar surface area (TPSA) is 56.0 Å². The van der Waals surface area contributed by atoms with Crippen LogP contribution in [0.15, 0.2) is 24.3 Å². The lowest BCUT2D eigenvalue weighted by Crippen LogP contribution is -2.40. The number of aromatic nitrogens is 4. The molecule has 1 aromatic carbocycles. The molecule has 6 nitrogen and oxygen atoms in total. The van der Waals surface area contributed by atoms with E-state index in [1.807, 2.05) is 23.3 Å². The first-order valence-corrected chi connectivity index (χ1v) is 9.51. The largest absolute Gasteiger partial charge is 0.416 e. The average molecular weight is 405 g/mol. The SMILES string of the molecule is Cc1cc(C(=O)N2CCC(n3c(C)nc4cc(C(F)(F)F)ccc43)CC2)n(C)n1. The molecule has 0 N–H and O–H groups in total. The highest BCUT2D eigenvalue weighted by atomic mass is 19.4. The molecule has 0 atom stereocenters. The molecule has 0 radical (unpaired) electrons. The van der Waals surface area contributed by atoms with Gasteiger partial charge in [0.1, 0.15) is 11.5 Å². The Balaban J connectivity index is 1.54. The molecule has 1 saturated heterocycles.